The zero-order chi connectivity index (χ0) is 17.7. The van der Waals surface area contributed by atoms with Crippen LogP contribution < -0.4 is 4.74 Å². The zero-order valence-electron chi connectivity index (χ0n) is 14.9. The molecule has 1 heterocycles. The fraction of sp³-hybridized carbons (Fsp3) is 0.611. The van der Waals surface area contributed by atoms with Crippen LogP contribution in [0.15, 0.2) is 18.2 Å². The van der Waals surface area contributed by atoms with E-state index in [1.165, 1.54) is 13.2 Å². The van der Waals surface area contributed by atoms with Gasteiger partial charge in [-0.25, -0.2) is 4.39 Å². The van der Waals surface area contributed by atoms with Crippen LogP contribution in [0.2, 0.25) is 0 Å². The van der Waals surface area contributed by atoms with Gasteiger partial charge in [0, 0.05) is 53.2 Å². The Balaban J connectivity index is 2.01. The molecule has 0 saturated carbocycles. The van der Waals surface area contributed by atoms with Gasteiger partial charge in [-0.05, 0) is 24.1 Å². The van der Waals surface area contributed by atoms with Crippen LogP contribution in [0.3, 0.4) is 0 Å². The lowest BCUT2D eigenvalue weighted by atomic mass is 9.90. The average Bonchev–Trinajstić information content (AvgIpc) is 2.55. The van der Waals surface area contributed by atoms with Gasteiger partial charge in [0.2, 0.25) is 5.91 Å². The van der Waals surface area contributed by atoms with E-state index in [2.05, 4.69) is 4.90 Å². The Morgan fingerprint density at radius 2 is 2.12 bits per heavy atom. The molecule has 0 bridgehead atoms. The lowest BCUT2D eigenvalue weighted by molar-refractivity contribution is -0.132. The molecule has 0 unspecified atom stereocenters. The minimum atomic E-state index is -0.346. The molecule has 1 aliphatic heterocycles. The van der Waals surface area contributed by atoms with Crippen LogP contribution in [-0.2, 0) is 16.1 Å². The van der Waals surface area contributed by atoms with Crippen molar-refractivity contribution in [2.24, 2.45) is 5.92 Å². The van der Waals surface area contributed by atoms with Crippen molar-refractivity contribution >= 4 is 5.91 Å². The van der Waals surface area contributed by atoms with Crippen molar-refractivity contribution in [1.82, 2.24) is 9.80 Å². The van der Waals surface area contributed by atoms with Crippen molar-refractivity contribution in [3.8, 4) is 5.75 Å². The van der Waals surface area contributed by atoms with E-state index in [4.69, 9.17) is 9.47 Å². The van der Waals surface area contributed by atoms with Gasteiger partial charge >= 0.3 is 0 Å². The summed E-state index contributed by atoms with van der Waals surface area (Å²) in [6.07, 6.45) is 1.44. The maximum absolute atomic E-state index is 13.8. The number of hydrogen-bond donors (Lipinski definition) is 0. The van der Waals surface area contributed by atoms with Gasteiger partial charge in [-0.3, -0.25) is 9.69 Å². The van der Waals surface area contributed by atoms with Gasteiger partial charge in [-0.2, -0.15) is 0 Å². The molecular formula is C18H27FN2O3. The number of hydrogen-bond acceptors (Lipinski definition) is 4. The maximum atomic E-state index is 13.8. The van der Waals surface area contributed by atoms with Gasteiger partial charge in [0.25, 0.3) is 0 Å². The second-order valence-corrected chi connectivity index (χ2v) is 6.52. The number of rotatable bonds is 6. The smallest absolute Gasteiger partial charge is 0.222 e. The van der Waals surface area contributed by atoms with Gasteiger partial charge in [-0.15, -0.1) is 0 Å². The number of benzene rings is 1. The number of amides is 1. The summed E-state index contributed by atoms with van der Waals surface area (Å²) >= 11 is 0. The Bertz CT molecular complexity index is 565. The molecule has 2 atom stereocenters. The molecule has 1 amide bonds. The lowest BCUT2D eigenvalue weighted by Gasteiger charge is -2.38. The number of piperidine rings is 1. The maximum Gasteiger partial charge on any atom is 0.222 e. The highest BCUT2D eigenvalue weighted by Gasteiger charge is 2.31. The molecule has 0 aliphatic carbocycles. The van der Waals surface area contributed by atoms with Gasteiger partial charge in [0.05, 0.1) is 13.2 Å². The van der Waals surface area contributed by atoms with Crippen LogP contribution in [0, 0.1) is 11.7 Å². The van der Waals surface area contributed by atoms with E-state index in [0.717, 1.165) is 25.1 Å². The first-order chi connectivity index (χ1) is 11.4. The first-order valence-corrected chi connectivity index (χ1v) is 8.22. The van der Waals surface area contributed by atoms with Crippen LogP contribution in [0.1, 0.15) is 18.4 Å². The van der Waals surface area contributed by atoms with Crippen LogP contribution in [0.25, 0.3) is 0 Å². The quantitative estimate of drug-likeness (QED) is 0.797. The van der Waals surface area contributed by atoms with Gasteiger partial charge in [0.15, 0.2) is 11.6 Å². The SMILES string of the molecule is COc1ccc(CN2CC[C@@H](OC)[C@H](CC(=O)N(C)C)C2)cc1F. The summed E-state index contributed by atoms with van der Waals surface area (Å²) in [6.45, 7) is 2.30. The Labute approximate surface area is 143 Å². The summed E-state index contributed by atoms with van der Waals surface area (Å²) in [5, 5.41) is 0. The monoisotopic (exact) mass is 338 g/mol. The molecule has 0 N–H and O–H groups in total. The molecule has 1 aliphatic rings. The Morgan fingerprint density at radius 1 is 1.38 bits per heavy atom. The highest BCUT2D eigenvalue weighted by atomic mass is 19.1. The highest BCUT2D eigenvalue weighted by Crippen LogP contribution is 2.25. The van der Waals surface area contributed by atoms with E-state index in [-0.39, 0.29) is 29.5 Å². The first kappa shape index (κ1) is 18.7. The summed E-state index contributed by atoms with van der Waals surface area (Å²) in [5.41, 5.74) is 0.904. The Hall–Kier alpha value is -1.66. The van der Waals surface area contributed by atoms with Crippen molar-refractivity contribution in [3.05, 3.63) is 29.6 Å². The molecule has 2 rings (SSSR count). The summed E-state index contributed by atoms with van der Waals surface area (Å²) in [6, 6.07) is 5.05. The number of halogens is 1. The average molecular weight is 338 g/mol. The van der Waals surface area contributed by atoms with Crippen LogP contribution in [-0.4, -0.2) is 63.2 Å². The minimum absolute atomic E-state index is 0.0951. The number of carbonyl (C=O) groups is 1. The molecule has 1 aromatic rings. The molecule has 6 heteroatoms. The highest BCUT2D eigenvalue weighted by molar-refractivity contribution is 5.75. The summed E-state index contributed by atoms with van der Waals surface area (Å²) in [7, 11) is 6.70. The molecule has 1 aromatic carbocycles. The normalized spacial score (nSPS) is 21.5. The number of ether oxygens (including phenoxy) is 2. The fourth-order valence-electron chi connectivity index (χ4n) is 3.21. The molecule has 1 fully saturated rings. The van der Waals surface area contributed by atoms with E-state index >= 15 is 0 Å². The predicted octanol–water partition coefficient (Wildman–Crippen LogP) is 2.15. The molecule has 0 radical (unpaired) electrons. The summed E-state index contributed by atoms with van der Waals surface area (Å²) in [4.78, 5) is 15.9. The van der Waals surface area contributed by atoms with Crippen molar-refractivity contribution in [1.29, 1.82) is 0 Å². The third-order valence-corrected chi connectivity index (χ3v) is 4.61. The van der Waals surface area contributed by atoms with Crippen molar-refractivity contribution in [2.45, 2.75) is 25.5 Å². The van der Waals surface area contributed by atoms with Crippen molar-refractivity contribution in [2.75, 3.05) is 41.4 Å². The topological polar surface area (TPSA) is 42.0 Å². The van der Waals surface area contributed by atoms with Crippen LogP contribution in [0.4, 0.5) is 4.39 Å². The largest absolute Gasteiger partial charge is 0.494 e. The molecule has 134 valence electrons. The Morgan fingerprint density at radius 3 is 2.71 bits per heavy atom. The Kier molecular flexibility index (Phi) is 6.57. The van der Waals surface area contributed by atoms with Crippen LogP contribution >= 0.6 is 0 Å². The lowest BCUT2D eigenvalue weighted by Crippen LogP contribution is -2.45. The summed E-state index contributed by atoms with van der Waals surface area (Å²) < 4.78 is 24.4. The van der Waals surface area contributed by atoms with Crippen molar-refractivity contribution < 1.29 is 18.7 Å². The van der Waals surface area contributed by atoms with E-state index in [9.17, 15) is 9.18 Å². The van der Waals surface area contributed by atoms with E-state index in [1.807, 2.05) is 6.07 Å². The fourth-order valence-corrected chi connectivity index (χ4v) is 3.21. The summed E-state index contributed by atoms with van der Waals surface area (Å²) in [5.74, 6) is 0.175. The van der Waals surface area contributed by atoms with Gasteiger partial charge in [-0.1, -0.05) is 6.07 Å². The van der Waals surface area contributed by atoms with Gasteiger partial charge < -0.3 is 14.4 Å². The standard InChI is InChI=1S/C18H27FN2O3/c1-20(2)18(22)10-14-12-21(8-7-16(14)23-3)11-13-5-6-17(24-4)15(19)9-13/h5-6,9,14,16H,7-8,10-12H2,1-4H3/t14-,16-/m1/s1. The first-order valence-electron chi connectivity index (χ1n) is 8.22. The van der Waals surface area contributed by atoms with Gasteiger partial charge in [0.1, 0.15) is 0 Å². The third-order valence-electron chi connectivity index (χ3n) is 4.61. The zero-order valence-corrected chi connectivity index (χ0v) is 14.9. The van der Waals surface area contributed by atoms with E-state index < -0.39 is 0 Å². The molecule has 0 spiro atoms. The molecule has 24 heavy (non-hydrogen) atoms. The van der Waals surface area contributed by atoms with E-state index in [1.54, 1.807) is 32.2 Å². The van der Waals surface area contributed by atoms with Crippen molar-refractivity contribution in [3.63, 3.8) is 0 Å². The third kappa shape index (κ3) is 4.68. The number of nitrogens with zero attached hydrogens (tertiary/aromatic N) is 2. The number of carbonyl (C=O) groups excluding carboxylic acids is 1. The predicted molar refractivity (Wildman–Crippen MR) is 90.4 cm³/mol. The molecule has 5 nitrogen and oxygen atoms in total. The molecule has 0 aromatic heterocycles. The number of likely N-dealkylation sites (tertiary alicyclic amines) is 1. The molecule has 1 saturated heterocycles. The second-order valence-electron chi connectivity index (χ2n) is 6.52. The van der Waals surface area contributed by atoms with E-state index in [0.29, 0.717) is 13.0 Å². The molecular weight excluding hydrogens is 311 g/mol. The second kappa shape index (κ2) is 8.44. The number of methoxy groups -OCH3 is 2. The van der Waals surface area contributed by atoms with Crippen LogP contribution in [0.5, 0.6) is 5.75 Å². The minimum Gasteiger partial charge on any atom is -0.494 e.